The predicted molar refractivity (Wildman–Crippen MR) is 150 cm³/mol. The number of ether oxygens (including phenoxy) is 2. The molecule has 3 rings (SSSR count). The molecule has 3 heterocycles. The number of aliphatic hydroxyl groups excluding tert-OH is 1. The van der Waals surface area contributed by atoms with Gasteiger partial charge in [-0.15, -0.1) is 13.2 Å². The fourth-order valence-electron chi connectivity index (χ4n) is 6.41. The Bertz CT molecular complexity index is 940. The largest absolute Gasteiger partial charge is 0.460 e. The van der Waals surface area contributed by atoms with Crippen molar-refractivity contribution in [2.24, 2.45) is 11.8 Å². The van der Waals surface area contributed by atoms with Crippen molar-refractivity contribution in [3.63, 3.8) is 0 Å². The number of rotatable bonds is 18. The van der Waals surface area contributed by atoms with E-state index in [4.69, 9.17) is 9.47 Å². The van der Waals surface area contributed by atoms with E-state index < -0.39 is 41.7 Å². The van der Waals surface area contributed by atoms with E-state index in [9.17, 15) is 24.3 Å². The van der Waals surface area contributed by atoms with E-state index in [-0.39, 0.29) is 30.9 Å². The number of hydrogen-bond acceptors (Lipinski definition) is 7. The van der Waals surface area contributed by atoms with Crippen LogP contribution in [-0.2, 0) is 28.7 Å². The molecule has 1 spiro atoms. The van der Waals surface area contributed by atoms with Crippen LogP contribution >= 0.6 is 0 Å². The molecule has 3 saturated heterocycles. The molecule has 0 aliphatic carbocycles. The molecule has 2 N–H and O–H groups in total. The number of aliphatic hydroxyl groups is 1. The number of fused-ring (bicyclic) bond motifs is 1. The minimum Gasteiger partial charge on any atom is -0.460 e. The van der Waals surface area contributed by atoms with Gasteiger partial charge >= 0.3 is 5.97 Å². The van der Waals surface area contributed by atoms with E-state index in [0.717, 1.165) is 19.3 Å². The Balaban J connectivity index is 1.81. The van der Waals surface area contributed by atoms with Gasteiger partial charge in [-0.1, -0.05) is 31.9 Å². The first-order chi connectivity index (χ1) is 19.2. The third kappa shape index (κ3) is 6.77. The molecule has 40 heavy (non-hydrogen) atoms. The molecule has 3 aliphatic heterocycles. The second kappa shape index (κ2) is 14.8. The zero-order valence-corrected chi connectivity index (χ0v) is 24.1. The number of amides is 3. The molecule has 3 fully saturated rings. The zero-order chi connectivity index (χ0) is 29.3. The lowest BCUT2D eigenvalue weighted by atomic mass is 9.70. The summed E-state index contributed by atoms with van der Waals surface area (Å²) in [6, 6.07) is -0.838. The molecule has 0 radical (unpaired) electrons. The standard InChI is InChI=1S/C30H47N3O7/c1-5-8-10-17-32(16-7-3)28(37)26-30-15-14-22(40-30)24(25(30)27(36)33(26)18-11-12-19-34)29(38)39-21(4)20-31-23(35)13-9-6-2/h6-7,21-22,24-26,34H,2-3,5,8-20H2,1,4H3,(H,31,35)/t21-,22-,24+,25+,26-,30+/m0/s1. The van der Waals surface area contributed by atoms with Crippen LogP contribution in [0.4, 0.5) is 0 Å². The molecular formula is C30H47N3O7. The summed E-state index contributed by atoms with van der Waals surface area (Å²) in [6.07, 6.45) is 8.08. The summed E-state index contributed by atoms with van der Waals surface area (Å²) < 4.78 is 12.2. The molecule has 10 heteroatoms. The molecule has 2 bridgehead atoms. The maximum atomic E-state index is 14.1. The molecule has 0 unspecified atom stereocenters. The highest BCUT2D eigenvalue weighted by atomic mass is 16.6. The van der Waals surface area contributed by atoms with Crippen LogP contribution < -0.4 is 5.32 Å². The number of allylic oxidation sites excluding steroid dienone is 1. The zero-order valence-electron chi connectivity index (χ0n) is 24.1. The van der Waals surface area contributed by atoms with E-state index in [2.05, 4.69) is 25.4 Å². The van der Waals surface area contributed by atoms with Crippen molar-refractivity contribution >= 4 is 23.7 Å². The highest BCUT2D eigenvalue weighted by Crippen LogP contribution is 2.58. The highest BCUT2D eigenvalue weighted by molar-refractivity contribution is 5.98. The Labute approximate surface area is 238 Å². The number of likely N-dealkylation sites (tertiary alicyclic amines) is 1. The Morgan fingerprint density at radius 3 is 2.70 bits per heavy atom. The lowest BCUT2D eigenvalue weighted by molar-refractivity contribution is -0.159. The van der Waals surface area contributed by atoms with Crippen LogP contribution in [0.5, 0.6) is 0 Å². The summed E-state index contributed by atoms with van der Waals surface area (Å²) in [5, 5.41) is 12.1. The van der Waals surface area contributed by atoms with Gasteiger partial charge in [0, 0.05) is 32.7 Å². The van der Waals surface area contributed by atoms with Crippen molar-refractivity contribution in [2.45, 2.75) is 95.5 Å². The van der Waals surface area contributed by atoms with Crippen molar-refractivity contribution < 1.29 is 33.8 Å². The third-order valence-electron chi connectivity index (χ3n) is 8.29. The van der Waals surface area contributed by atoms with Crippen molar-refractivity contribution in [2.75, 3.05) is 32.8 Å². The van der Waals surface area contributed by atoms with Crippen LogP contribution in [0.25, 0.3) is 0 Å². The Hall–Kier alpha value is -2.72. The van der Waals surface area contributed by atoms with Crippen LogP contribution in [-0.4, -0.2) is 95.2 Å². The molecule has 0 aromatic rings. The number of carbonyl (C=O) groups is 4. The molecule has 3 aliphatic rings. The number of nitrogens with one attached hydrogen (secondary N) is 1. The van der Waals surface area contributed by atoms with Crippen molar-refractivity contribution in [1.82, 2.24) is 15.1 Å². The summed E-state index contributed by atoms with van der Waals surface area (Å²) in [5.41, 5.74) is -1.09. The third-order valence-corrected chi connectivity index (χ3v) is 8.29. The molecular weight excluding hydrogens is 514 g/mol. The van der Waals surface area contributed by atoms with Crippen molar-refractivity contribution in [1.29, 1.82) is 0 Å². The monoisotopic (exact) mass is 561 g/mol. The lowest BCUT2D eigenvalue weighted by Crippen LogP contribution is -2.56. The van der Waals surface area contributed by atoms with Gasteiger partial charge in [-0.3, -0.25) is 19.2 Å². The van der Waals surface area contributed by atoms with Crippen LogP contribution in [0, 0.1) is 11.8 Å². The maximum absolute atomic E-state index is 14.1. The Morgan fingerprint density at radius 1 is 1.25 bits per heavy atom. The summed E-state index contributed by atoms with van der Waals surface area (Å²) in [7, 11) is 0. The number of nitrogens with zero attached hydrogens (tertiary/aromatic N) is 2. The normalized spacial score (nSPS) is 27.3. The predicted octanol–water partition coefficient (Wildman–Crippen LogP) is 2.35. The quantitative estimate of drug-likeness (QED) is 0.150. The summed E-state index contributed by atoms with van der Waals surface area (Å²) in [5.74, 6) is -2.76. The maximum Gasteiger partial charge on any atom is 0.312 e. The van der Waals surface area contributed by atoms with Gasteiger partial charge in [0.1, 0.15) is 17.7 Å². The van der Waals surface area contributed by atoms with Crippen LogP contribution in [0.2, 0.25) is 0 Å². The Kier molecular flexibility index (Phi) is 11.7. The van der Waals surface area contributed by atoms with Gasteiger partial charge in [-0.05, 0) is 45.4 Å². The van der Waals surface area contributed by atoms with E-state index in [1.807, 2.05) is 0 Å². The van der Waals surface area contributed by atoms with Gasteiger partial charge in [0.25, 0.3) is 0 Å². The topological polar surface area (TPSA) is 125 Å². The first-order valence-electron chi connectivity index (χ1n) is 14.8. The highest BCUT2D eigenvalue weighted by Gasteiger charge is 2.75. The number of carbonyl (C=O) groups excluding carboxylic acids is 4. The fraction of sp³-hybridized carbons (Fsp3) is 0.733. The van der Waals surface area contributed by atoms with Crippen LogP contribution in [0.1, 0.15) is 71.6 Å². The molecule has 224 valence electrons. The van der Waals surface area contributed by atoms with Gasteiger partial charge in [0.15, 0.2) is 0 Å². The van der Waals surface area contributed by atoms with Gasteiger partial charge in [0.05, 0.1) is 24.5 Å². The van der Waals surface area contributed by atoms with Crippen molar-refractivity contribution in [3.8, 4) is 0 Å². The average Bonchev–Trinajstić information content (AvgIpc) is 3.57. The summed E-state index contributed by atoms with van der Waals surface area (Å²) in [4.78, 5) is 56.8. The van der Waals surface area contributed by atoms with Gasteiger partial charge in [-0.2, -0.15) is 0 Å². The SMILES string of the molecule is C=CCCC(=O)NC[C@H](C)OC(=O)[C@@H]1[C@@H]2CC[C@]3(O2)[C@H](C(=O)N(CC=C)CCCCC)N(CCCCO)C(=O)[C@@H]13. The second-order valence-corrected chi connectivity index (χ2v) is 11.2. The van der Waals surface area contributed by atoms with Crippen LogP contribution in [0.3, 0.4) is 0 Å². The molecule has 6 atom stereocenters. The lowest BCUT2D eigenvalue weighted by Gasteiger charge is -2.36. The summed E-state index contributed by atoms with van der Waals surface area (Å²) >= 11 is 0. The van der Waals surface area contributed by atoms with Gasteiger partial charge in [0.2, 0.25) is 17.7 Å². The Morgan fingerprint density at radius 2 is 2.02 bits per heavy atom. The fourth-order valence-corrected chi connectivity index (χ4v) is 6.41. The smallest absolute Gasteiger partial charge is 0.312 e. The molecule has 10 nitrogen and oxygen atoms in total. The van der Waals surface area contributed by atoms with Crippen LogP contribution in [0.15, 0.2) is 25.3 Å². The minimum atomic E-state index is -1.09. The van der Waals surface area contributed by atoms with Crippen molar-refractivity contribution in [3.05, 3.63) is 25.3 Å². The van der Waals surface area contributed by atoms with E-state index in [1.54, 1.807) is 28.9 Å². The number of esters is 1. The average molecular weight is 562 g/mol. The molecule has 0 saturated carbocycles. The first-order valence-corrected chi connectivity index (χ1v) is 14.8. The first kappa shape index (κ1) is 31.8. The minimum absolute atomic E-state index is 0.00956. The van der Waals surface area contributed by atoms with E-state index in [0.29, 0.717) is 58.2 Å². The molecule has 0 aromatic heterocycles. The number of unbranched alkanes of at least 4 members (excludes halogenated alkanes) is 3. The molecule has 0 aromatic carbocycles. The summed E-state index contributed by atoms with van der Waals surface area (Å²) in [6.45, 7) is 12.6. The van der Waals surface area contributed by atoms with E-state index >= 15 is 0 Å². The van der Waals surface area contributed by atoms with Gasteiger partial charge in [-0.25, -0.2) is 0 Å². The number of hydrogen-bond donors (Lipinski definition) is 2. The second-order valence-electron chi connectivity index (χ2n) is 11.2. The van der Waals surface area contributed by atoms with Gasteiger partial charge < -0.3 is 29.7 Å². The molecule has 3 amide bonds. The van der Waals surface area contributed by atoms with E-state index in [1.165, 1.54) is 0 Å².